The van der Waals surface area contributed by atoms with Crippen LogP contribution in [0, 0.1) is 6.92 Å². The molecule has 2 aromatic rings. The molecule has 2 N–H and O–H groups in total. The highest BCUT2D eigenvalue weighted by molar-refractivity contribution is 9.10. The van der Waals surface area contributed by atoms with Gasteiger partial charge in [0.05, 0.1) is 13.2 Å². The molecule has 0 aliphatic carbocycles. The van der Waals surface area contributed by atoms with Gasteiger partial charge in [0, 0.05) is 10.0 Å². The largest absolute Gasteiger partial charge is 0.496 e. The third kappa shape index (κ3) is 2.54. The average Bonchev–Trinajstić information content (AvgIpc) is 2.84. The Balaban J connectivity index is 2.47. The maximum absolute atomic E-state index is 6.26. The second-order valence-electron chi connectivity index (χ2n) is 3.88. The van der Waals surface area contributed by atoms with Crippen LogP contribution in [0.1, 0.15) is 22.7 Å². The predicted molar refractivity (Wildman–Crippen MR) is 75.8 cm³/mol. The van der Waals surface area contributed by atoms with E-state index in [0.717, 1.165) is 26.9 Å². The fourth-order valence-electron chi connectivity index (χ4n) is 1.72. The summed E-state index contributed by atoms with van der Waals surface area (Å²) in [6.07, 6.45) is 0. The molecule has 0 spiro atoms. The Labute approximate surface area is 114 Å². The molecule has 0 fully saturated rings. The van der Waals surface area contributed by atoms with E-state index < -0.39 is 0 Å². The van der Waals surface area contributed by atoms with Gasteiger partial charge in [-0.25, -0.2) is 0 Å². The van der Waals surface area contributed by atoms with Crippen molar-refractivity contribution in [3.05, 3.63) is 50.1 Å². The SMILES string of the molecule is COc1cc(C)c(Br)cc1C(N)c1ccsc1. The van der Waals surface area contributed by atoms with Crippen LogP contribution >= 0.6 is 27.3 Å². The van der Waals surface area contributed by atoms with Crippen molar-refractivity contribution in [3.8, 4) is 5.75 Å². The lowest BCUT2D eigenvalue weighted by molar-refractivity contribution is 0.407. The van der Waals surface area contributed by atoms with Crippen LogP contribution in [0.3, 0.4) is 0 Å². The number of aryl methyl sites for hydroxylation is 1. The Morgan fingerprint density at radius 3 is 2.76 bits per heavy atom. The quantitative estimate of drug-likeness (QED) is 0.933. The standard InChI is InChI=1S/C13H14BrNOS/c1-8-5-12(16-2)10(6-11(8)14)13(15)9-3-4-17-7-9/h3-7,13H,15H2,1-2H3. The first-order chi connectivity index (χ1) is 8.13. The van der Waals surface area contributed by atoms with Crippen molar-refractivity contribution in [2.75, 3.05) is 7.11 Å². The maximum Gasteiger partial charge on any atom is 0.124 e. The highest BCUT2D eigenvalue weighted by atomic mass is 79.9. The molecular weight excluding hydrogens is 298 g/mol. The normalized spacial score (nSPS) is 12.5. The third-order valence-corrected chi connectivity index (χ3v) is 4.30. The van der Waals surface area contributed by atoms with E-state index >= 15 is 0 Å². The Hall–Kier alpha value is -0.840. The van der Waals surface area contributed by atoms with Crippen molar-refractivity contribution in [1.82, 2.24) is 0 Å². The van der Waals surface area contributed by atoms with E-state index in [2.05, 4.69) is 21.3 Å². The van der Waals surface area contributed by atoms with Crippen LogP contribution in [-0.4, -0.2) is 7.11 Å². The number of halogens is 1. The molecule has 4 heteroatoms. The van der Waals surface area contributed by atoms with Gasteiger partial charge in [0.15, 0.2) is 0 Å². The van der Waals surface area contributed by atoms with Crippen molar-refractivity contribution < 1.29 is 4.74 Å². The Morgan fingerprint density at radius 1 is 1.41 bits per heavy atom. The van der Waals surface area contributed by atoms with E-state index in [1.165, 1.54) is 0 Å². The number of thiophene rings is 1. The van der Waals surface area contributed by atoms with Crippen molar-refractivity contribution in [2.24, 2.45) is 5.73 Å². The van der Waals surface area contributed by atoms with E-state index in [1.54, 1.807) is 18.4 Å². The fourth-order valence-corrected chi connectivity index (χ4v) is 2.78. The van der Waals surface area contributed by atoms with Gasteiger partial charge in [-0.15, -0.1) is 0 Å². The molecule has 0 bridgehead atoms. The molecule has 0 amide bonds. The Morgan fingerprint density at radius 2 is 2.18 bits per heavy atom. The van der Waals surface area contributed by atoms with E-state index in [0.29, 0.717) is 0 Å². The van der Waals surface area contributed by atoms with Gasteiger partial charge in [-0.05, 0) is 47.0 Å². The predicted octanol–water partition coefficient (Wildman–Crippen LogP) is 3.88. The first-order valence-corrected chi connectivity index (χ1v) is 6.98. The summed E-state index contributed by atoms with van der Waals surface area (Å²) in [6.45, 7) is 2.03. The Bertz CT molecular complexity index is 510. The summed E-state index contributed by atoms with van der Waals surface area (Å²) >= 11 is 5.18. The number of methoxy groups -OCH3 is 1. The minimum absolute atomic E-state index is 0.145. The molecule has 1 aromatic heterocycles. The van der Waals surface area contributed by atoms with Gasteiger partial charge in [0.2, 0.25) is 0 Å². The van der Waals surface area contributed by atoms with Crippen molar-refractivity contribution in [3.63, 3.8) is 0 Å². The molecule has 0 saturated heterocycles. The van der Waals surface area contributed by atoms with Crippen LogP contribution in [0.2, 0.25) is 0 Å². The Kier molecular flexibility index (Phi) is 3.86. The van der Waals surface area contributed by atoms with Crippen LogP contribution in [-0.2, 0) is 0 Å². The van der Waals surface area contributed by atoms with E-state index in [1.807, 2.05) is 30.5 Å². The molecular formula is C13H14BrNOS. The van der Waals surface area contributed by atoms with E-state index in [9.17, 15) is 0 Å². The molecule has 2 nitrogen and oxygen atoms in total. The average molecular weight is 312 g/mol. The highest BCUT2D eigenvalue weighted by Gasteiger charge is 2.16. The van der Waals surface area contributed by atoms with E-state index in [-0.39, 0.29) is 6.04 Å². The number of nitrogens with two attached hydrogens (primary N) is 1. The number of benzene rings is 1. The minimum Gasteiger partial charge on any atom is -0.496 e. The number of rotatable bonds is 3. The molecule has 2 rings (SSSR count). The molecule has 90 valence electrons. The first kappa shape index (κ1) is 12.6. The van der Waals surface area contributed by atoms with Gasteiger partial charge in [0.1, 0.15) is 5.75 Å². The van der Waals surface area contributed by atoms with Crippen LogP contribution in [0.25, 0.3) is 0 Å². The summed E-state index contributed by atoms with van der Waals surface area (Å²) in [7, 11) is 1.67. The zero-order valence-electron chi connectivity index (χ0n) is 9.74. The maximum atomic E-state index is 6.26. The first-order valence-electron chi connectivity index (χ1n) is 5.25. The van der Waals surface area contributed by atoms with Crippen LogP contribution in [0.5, 0.6) is 5.75 Å². The van der Waals surface area contributed by atoms with Gasteiger partial charge in [-0.1, -0.05) is 15.9 Å². The smallest absolute Gasteiger partial charge is 0.124 e. The molecule has 17 heavy (non-hydrogen) atoms. The van der Waals surface area contributed by atoms with Crippen LogP contribution in [0.15, 0.2) is 33.4 Å². The second kappa shape index (κ2) is 5.21. The third-order valence-electron chi connectivity index (χ3n) is 2.75. The number of hydrogen-bond acceptors (Lipinski definition) is 3. The van der Waals surface area contributed by atoms with Gasteiger partial charge in [-0.3, -0.25) is 0 Å². The molecule has 0 radical (unpaired) electrons. The van der Waals surface area contributed by atoms with Crippen molar-refractivity contribution >= 4 is 27.3 Å². The van der Waals surface area contributed by atoms with Gasteiger partial charge in [-0.2, -0.15) is 11.3 Å². The lowest BCUT2D eigenvalue weighted by Gasteiger charge is -2.16. The van der Waals surface area contributed by atoms with Gasteiger partial charge < -0.3 is 10.5 Å². The van der Waals surface area contributed by atoms with Gasteiger partial charge in [0.25, 0.3) is 0 Å². The zero-order chi connectivity index (χ0) is 12.4. The van der Waals surface area contributed by atoms with E-state index in [4.69, 9.17) is 10.5 Å². The molecule has 1 atom stereocenters. The minimum atomic E-state index is -0.145. The van der Waals surface area contributed by atoms with Crippen molar-refractivity contribution in [2.45, 2.75) is 13.0 Å². The molecule has 0 aliphatic heterocycles. The summed E-state index contributed by atoms with van der Waals surface area (Å²) in [5, 5.41) is 4.10. The number of ether oxygens (including phenoxy) is 1. The summed E-state index contributed by atoms with van der Waals surface area (Å²) < 4.78 is 6.46. The molecule has 0 aliphatic rings. The second-order valence-corrected chi connectivity index (χ2v) is 5.51. The zero-order valence-corrected chi connectivity index (χ0v) is 12.1. The molecule has 1 aromatic carbocycles. The van der Waals surface area contributed by atoms with Crippen molar-refractivity contribution in [1.29, 1.82) is 0 Å². The summed E-state index contributed by atoms with van der Waals surface area (Å²) in [6, 6.07) is 5.94. The highest BCUT2D eigenvalue weighted by Crippen LogP contribution is 2.33. The van der Waals surface area contributed by atoms with Gasteiger partial charge >= 0.3 is 0 Å². The van der Waals surface area contributed by atoms with Crippen LogP contribution < -0.4 is 10.5 Å². The fraction of sp³-hybridized carbons (Fsp3) is 0.231. The number of hydrogen-bond donors (Lipinski definition) is 1. The molecule has 1 heterocycles. The lowest BCUT2D eigenvalue weighted by atomic mass is 10.00. The van der Waals surface area contributed by atoms with Crippen LogP contribution in [0.4, 0.5) is 0 Å². The molecule has 1 unspecified atom stereocenters. The lowest BCUT2D eigenvalue weighted by Crippen LogP contribution is -2.12. The molecule has 0 saturated carbocycles. The topological polar surface area (TPSA) is 35.2 Å². The summed E-state index contributed by atoms with van der Waals surface area (Å²) in [5.41, 5.74) is 9.52. The summed E-state index contributed by atoms with van der Waals surface area (Å²) in [5.74, 6) is 0.837. The summed E-state index contributed by atoms with van der Waals surface area (Å²) in [4.78, 5) is 0. The monoisotopic (exact) mass is 311 g/mol.